The van der Waals surface area contributed by atoms with E-state index in [9.17, 15) is 60.3 Å². The lowest BCUT2D eigenvalue weighted by atomic mass is 9.95. The van der Waals surface area contributed by atoms with E-state index in [0.717, 1.165) is 12.1 Å². The quantitative estimate of drug-likeness (QED) is 0.144. The van der Waals surface area contributed by atoms with E-state index in [-0.39, 0.29) is 35.0 Å². The van der Waals surface area contributed by atoms with Crippen molar-refractivity contribution < 1.29 is 88.8 Å². The van der Waals surface area contributed by atoms with E-state index in [0.29, 0.717) is 5.56 Å². The van der Waals surface area contributed by atoms with Crippen molar-refractivity contribution in [1.29, 1.82) is 0 Å². The highest BCUT2D eigenvalue weighted by Gasteiger charge is 2.50. The molecule has 0 aliphatic carbocycles. The Morgan fingerprint density at radius 3 is 1.85 bits per heavy atom. The Bertz CT molecular complexity index is 1500. The predicted molar refractivity (Wildman–Crippen MR) is 143 cm³/mol. The van der Waals surface area contributed by atoms with Gasteiger partial charge in [-0.25, -0.2) is 9.59 Å². The zero-order chi connectivity index (χ0) is 33.6. The molecule has 0 aromatic heterocycles. The number of hydrogen-bond acceptors (Lipinski definition) is 16. The molecule has 0 spiro atoms. The smallest absolute Gasteiger partial charge is 0.335 e. The van der Waals surface area contributed by atoms with Crippen LogP contribution in [0.5, 0.6) is 28.7 Å². The van der Waals surface area contributed by atoms with Crippen LogP contribution < -0.4 is 18.9 Å². The van der Waals surface area contributed by atoms with Crippen molar-refractivity contribution in [3.8, 4) is 28.7 Å². The number of Topliss-reactive ketones (excluding diaryl/α,β-unsaturated/α-hetero) is 1. The lowest BCUT2D eigenvalue weighted by Crippen LogP contribution is -2.61. The molecule has 1 unspecified atom stereocenters. The summed E-state index contributed by atoms with van der Waals surface area (Å²) in [5.74, 6) is -5.17. The van der Waals surface area contributed by atoms with Crippen LogP contribution in [0.3, 0.4) is 0 Å². The van der Waals surface area contributed by atoms with Gasteiger partial charge >= 0.3 is 11.9 Å². The van der Waals surface area contributed by atoms with Gasteiger partial charge in [0.05, 0.1) is 13.5 Å². The summed E-state index contributed by atoms with van der Waals surface area (Å²) in [5, 5.41) is 90.4. The number of fused-ring (bicyclic) bond motifs is 1. The second-order valence-electron chi connectivity index (χ2n) is 10.7. The monoisotopic (exact) mass is 654 g/mol. The van der Waals surface area contributed by atoms with Gasteiger partial charge in [0.25, 0.3) is 0 Å². The van der Waals surface area contributed by atoms with E-state index in [1.54, 1.807) is 0 Å². The van der Waals surface area contributed by atoms with E-state index in [4.69, 9.17) is 28.4 Å². The van der Waals surface area contributed by atoms with E-state index in [1.807, 2.05) is 0 Å². The maximum absolute atomic E-state index is 13.5. The van der Waals surface area contributed by atoms with Crippen LogP contribution in [0.1, 0.15) is 28.4 Å². The highest BCUT2D eigenvalue weighted by Crippen LogP contribution is 2.45. The van der Waals surface area contributed by atoms with Crippen molar-refractivity contribution >= 4 is 17.7 Å². The highest BCUT2D eigenvalue weighted by atomic mass is 16.7. The van der Waals surface area contributed by atoms with Crippen molar-refractivity contribution in [3.05, 3.63) is 41.5 Å². The van der Waals surface area contributed by atoms with Gasteiger partial charge in [0.15, 0.2) is 29.5 Å². The average Bonchev–Trinajstić information content (AvgIpc) is 3.00. The first kappa shape index (κ1) is 33.1. The third-order valence-electron chi connectivity index (χ3n) is 7.65. The summed E-state index contributed by atoms with van der Waals surface area (Å²) in [7, 11) is 1.34. The van der Waals surface area contributed by atoms with Crippen LogP contribution in [-0.2, 0) is 19.1 Å². The largest absolute Gasteiger partial charge is 0.504 e. The van der Waals surface area contributed by atoms with Crippen LogP contribution in [0.2, 0.25) is 0 Å². The molecule has 0 amide bonds. The summed E-state index contributed by atoms with van der Waals surface area (Å²) in [6.45, 7) is 0. The maximum atomic E-state index is 13.5. The standard InChI is InChI=1S/C28H30O18/c1-41-12-3-2-8(4-10(12)29)13-7-11(30)16-14(43-13)5-9(42-27-21(35)17(31)19(33)23(45-27)25(37)38)6-15(16)44-28-22(36)18(32)20(34)24(46-28)26(39)40/h2-6,13,17-24,27-29,31-36H,7H2,1H3,(H,37,38)(H,39,40)/t13?,17-,18-,19-,20-,21+,22+,23-,24-,27+,28+/m0/s1. The molecule has 46 heavy (non-hydrogen) atoms. The van der Waals surface area contributed by atoms with Gasteiger partial charge in [-0.3, -0.25) is 4.79 Å². The van der Waals surface area contributed by atoms with E-state index < -0.39 is 91.0 Å². The van der Waals surface area contributed by atoms with Gasteiger partial charge in [0, 0.05) is 12.1 Å². The van der Waals surface area contributed by atoms with E-state index in [2.05, 4.69) is 0 Å². The summed E-state index contributed by atoms with van der Waals surface area (Å²) >= 11 is 0. The molecular weight excluding hydrogens is 624 g/mol. The third-order valence-corrected chi connectivity index (χ3v) is 7.65. The van der Waals surface area contributed by atoms with Crippen molar-refractivity contribution in [3.63, 3.8) is 0 Å². The second kappa shape index (κ2) is 12.9. The Morgan fingerprint density at radius 2 is 1.33 bits per heavy atom. The number of ether oxygens (including phenoxy) is 6. The first-order valence-electron chi connectivity index (χ1n) is 13.6. The molecule has 0 saturated carbocycles. The number of hydrogen-bond donors (Lipinski definition) is 9. The van der Waals surface area contributed by atoms with Gasteiger partial charge in [-0.2, -0.15) is 0 Å². The van der Waals surface area contributed by atoms with Gasteiger partial charge < -0.3 is 74.4 Å². The van der Waals surface area contributed by atoms with Gasteiger partial charge in [-0.05, 0) is 17.7 Å². The number of aromatic hydroxyl groups is 1. The Hall–Kier alpha value is -4.27. The van der Waals surface area contributed by atoms with Crippen molar-refractivity contribution in [2.45, 2.75) is 73.9 Å². The minimum atomic E-state index is -2.05. The maximum Gasteiger partial charge on any atom is 0.335 e. The SMILES string of the molecule is COc1ccc(C2CC(=O)c3c(cc(O[C@@H]4O[C@H](C(=O)O)[C@@H](O)[C@H](O)[C@H]4O)cc3O[C@@H]3O[C@H](C(=O)O)[C@@H](O)[C@H](O)[C@H]3O)O2)cc1O. The van der Waals surface area contributed by atoms with Crippen molar-refractivity contribution in [1.82, 2.24) is 0 Å². The van der Waals surface area contributed by atoms with Crippen LogP contribution in [0.4, 0.5) is 0 Å². The molecule has 3 aliphatic rings. The Balaban J connectivity index is 1.53. The molecule has 5 rings (SSSR count). The number of aliphatic hydroxyl groups is 6. The van der Waals surface area contributed by atoms with Crippen LogP contribution in [-0.4, -0.2) is 132 Å². The Labute approximate surface area is 258 Å². The summed E-state index contributed by atoms with van der Waals surface area (Å²) in [6.07, 6.45) is -21.5. The van der Waals surface area contributed by atoms with Crippen LogP contribution in [0, 0.1) is 0 Å². The fourth-order valence-corrected chi connectivity index (χ4v) is 5.21. The Kier molecular flexibility index (Phi) is 9.25. The number of methoxy groups -OCH3 is 1. The molecule has 3 heterocycles. The van der Waals surface area contributed by atoms with Crippen molar-refractivity contribution in [2.24, 2.45) is 0 Å². The van der Waals surface area contributed by atoms with E-state index in [1.165, 1.54) is 25.3 Å². The number of phenolic OH excluding ortho intramolecular Hbond substituents is 1. The van der Waals surface area contributed by atoms with Gasteiger partial charge in [0.1, 0.15) is 65.5 Å². The normalized spacial score (nSPS) is 34.2. The van der Waals surface area contributed by atoms with E-state index >= 15 is 0 Å². The molecule has 9 N–H and O–H groups in total. The summed E-state index contributed by atoms with van der Waals surface area (Å²) in [5.41, 5.74) is 0.0691. The summed E-state index contributed by atoms with van der Waals surface area (Å²) in [4.78, 5) is 36.6. The lowest BCUT2D eigenvalue weighted by molar-refractivity contribution is -0.272. The zero-order valence-electron chi connectivity index (χ0n) is 23.6. The molecule has 2 fully saturated rings. The number of aliphatic carboxylic acids is 2. The molecule has 2 aromatic carbocycles. The molecule has 250 valence electrons. The molecule has 18 nitrogen and oxygen atoms in total. The molecule has 0 radical (unpaired) electrons. The number of aliphatic hydroxyl groups excluding tert-OH is 6. The number of ketones is 1. The summed E-state index contributed by atoms with van der Waals surface area (Å²) in [6, 6.07) is 6.37. The number of carboxylic acids is 2. The van der Waals surface area contributed by atoms with Gasteiger partial charge in [-0.15, -0.1) is 0 Å². The average molecular weight is 655 g/mol. The molecule has 0 bridgehead atoms. The minimum Gasteiger partial charge on any atom is -0.504 e. The fourth-order valence-electron chi connectivity index (χ4n) is 5.21. The summed E-state index contributed by atoms with van der Waals surface area (Å²) < 4.78 is 32.6. The van der Waals surface area contributed by atoms with Crippen LogP contribution >= 0.6 is 0 Å². The first-order valence-corrected chi connectivity index (χ1v) is 13.6. The topological polar surface area (TPSA) is 289 Å². The van der Waals surface area contributed by atoms with Crippen LogP contribution in [0.15, 0.2) is 30.3 Å². The number of rotatable bonds is 8. The molecule has 18 heteroatoms. The first-order chi connectivity index (χ1) is 21.7. The predicted octanol–water partition coefficient (Wildman–Crippen LogP) is -2.35. The number of carbonyl (C=O) groups excluding carboxylic acids is 1. The molecule has 11 atom stereocenters. The van der Waals surface area contributed by atoms with Crippen LogP contribution in [0.25, 0.3) is 0 Å². The Morgan fingerprint density at radius 1 is 0.761 bits per heavy atom. The molecule has 2 aromatic rings. The third kappa shape index (κ3) is 6.11. The number of phenols is 1. The second-order valence-corrected chi connectivity index (χ2v) is 10.7. The fraction of sp³-hybridized carbons (Fsp3) is 0.464. The van der Waals surface area contributed by atoms with Gasteiger partial charge in [0.2, 0.25) is 12.6 Å². The number of carbonyl (C=O) groups is 3. The van der Waals surface area contributed by atoms with Crippen molar-refractivity contribution in [2.75, 3.05) is 7.11 Å². The number of benzene rings is 2. The molecular formula is C28H30O18. The highest BCUT2D eigenvalue weighted by molar-refractivity contribution is 6.03. The zero-order valence-corrected chi connectivity index (χ0v) is 23.6. The lowest BCUT2D eigenvalue weighted by Gasteiger charge is -2.39. The van der Waals surface area contributed by atoms with Gasteiger partial charge in [-0.1, -0.05) is 6.07 Å². The molecule has 3 aliphatic heterocycles. The number of carboxylic acid groups (broad SMARTS) is 2. The minimum absolute atomic E-state index is 0.147. The molecule has 2 saturated heterocycles.